The molecule has 10 heteroatoms. The van der Waals surface area contributed by atoms with E-state index in [0.29, 0.717) is 34.7 Å². The zero-order valence-corrected chi connectivity index (χ0v) is 23.7. The first-order valence-electron chi connectivity index (χ1n) is 12.7. The first-order chi connectivity index (χ1) is 17.8. The predicted molar refractivity (Wildman–Crippen MR) is 147 cm³/mol. The number of amides is 1. The van der Waals surface area contributed by atoms with Gasteiger partial charge in [0.2, 0.25) is 5.91 Å². The van der Waals surface area contributed by atoms with Crippen LogP contribution in [-0.4, -0.2) is 38.5 Å². The Morgan fingerprint density at radius 2 is 1.97 bits per heavy atom. The number of thiophene rings is 1. The average molecular weight is 543 g/mol. The van der Waals surface area contributed by atoms with Crippen molar-refractivity contribution in [2.24, 2.45) is 0 Å². The number of esters is 1. The van der Waals surface area contributed by atoms with Crippen LogP contribution in [0.4, 0.5) is 5.00 Å². The van der Waals surface area contributed by atoms with Crippen molar-refractivity contribution < 1.29 is 19.1 Å². The minimum atomic E-state index is -0.364. The molecule has 0 aliphatic heterocycles. The van der Waals surface area contributed by atoms with Crippen molar-refractivity contribution in [3.63, 3.8) is 0 Å². The van der Waals surface area contributed by atoms with Crippen molar-refractivity contribution in [3.05, 3.63) is 51.2 Å². The zero-order chi connectivity index (χ0) is 26.5. The SMILES string of the molecule is CCn1c(COc2ccc(C)cc2C)nnc1SCC(=O)Nc1sc2c(c1C(=O)OC(C)C)CCCC2. The maximum Gasteiger partial charge on any atom is 0.341 e. The van der Waals surface area contributed by atoms with Gasteiger partial charge in [-0.3, -0.25) is 4.79 Å². The number of rotatable bonds is 10. The van der Waals surface area contributed by atoms with Crippen molar-refractivity contribution in [1.82, 2.24) is 14.8 Å². The number of hydrogen-bond acceptors (Lipinski definition) is 8. The van der Waals surface area contributed by atoms with Crippen molar-refractivity contribution >= 4 is 40.0 Å². The summed E-state index contributed by atoms with van der Waals surface area (Å²) in [5.41, 5.74) is 3.81. The van der Waals surface area contributed by atoms with Crippen molar-refractivity contribution in [1.29, 1.82) is 0 Å². The van der Waals surface area contributed by atoms with Crippen LogP contribution < -0.4 is 10.1 Å². The van der Waals surface area contributed by atoms with Crippen LogP contribution in [0.1, 0.15) is 71.4 Å². The van der Waals surface area contributed by atoms with Crippen LogP contribution in [0.25, 0.3) is 0 Å². The average Bonchev–Trinajstić information content (AvgIpc) is 3.41. The summed E-state index contributed by atoms with van der Waals surface area (Å²) in [7, 11) is 0. The molecule has 0 spiro atoms. The van der Waals surface area contributed by atoms with Gasteiger partial charge in [0.25, 0.3) is 0 Å². The Hall–Kier alpha value is -2.85. The Morgan fingerprint density at radius 1 is 1.19 bits per heavy atom. The molecule has 8 nitrogen and oxygen atoms in total. The first-order valence-corrected chi connectivity index (χ1v) is 14.5. The van der Waals surface area contributed by atoms with E-state index in [1.54, 1.807) is 0 Å². The maximum absolute atomic E-state index is 12.9. The second-order valence-electron chi connectivity index (χ2n) is 9.41. The third-order valence-corrected chi connectivity index (χ3v) is 8.27. The van der Waals surface area contributed by atoms with E-state index in [0.717, 1.165) is 42.6 Å². The Balaban J connectivity index is 1.41. The predicted octanol–water partition coefficient (Wildman–Crippen LogP) is 5.73. The van der Waals surface area contributed by atoms with E-state index in [-0.39, 0.29) is 23.7 Å². The summed E-state index contributed by atoms with van der Waals surface area (Å²) >= 11 is 2.81. The molecule has 4 rings (SSSR count). The molecule has 0 saturated heterocycles. The van der Waals surface area contributed by atoms with Crippen molar-refractivity contribution in [3.8, 4) is 5.75 Å². The number of nitrogens with zero attached hydrogens (tertiary/aromatic N) is 3. The number of benzene rings is 1. The Labute approximate surface area is 226 Å². The quantitative estimate of drug-likeness (QED) is 0.258. The van der Waals surface area contributed by atoms with Gasteiger partial charge in [0.05, 0.1) is 17.4 Å². The number of anilines is 1. The number of fused-ring (bicyclic) bond motifs is 1. The summed E-state index contributed by atoms with van der Waals surface area (Å²) in [6, 6.07) is 6.06. The molecule has 0 atom stereocenters. The monoisotopic (exact) mass is 542 g/mol. The van der Waals surface area contributed by atoms with Gasteiger partial charge in [0.1, 0.15) is 17.4 Å². The fraction of sp³-hybridized carbons (Fsp3) is 0.481. The third kappa shape index (κ3) is 6.54. The molecular weight excluding hydrogens is 508 g/mol. The van der Waals surface area contributed by atoms with Crippen LogP contribution >= 0.6 is 23.1 Å². The van der Waals surface area contributed by atoms with Gasteiger partial charge in [-0.1, -0.05) is 29.5 Å². The molecule has 198 valence electrons. The second kappa shape index (κ2) is 12.1. The molecular formula is C27H34N4O4S2. The van der Waals surface area contributed by atoms with Crippen LogP contribution in [0.15, 0.2) is 23.4 Å². The Kier molecular flexibility index (Phi) is 8.91. The highest BCUT2D eigenvalue weighted by atomic mass is 32.2. The largest absolute Gasteiger partial charge is 0.485 e. The fourth-order valence-electron chi connectivity index (χ4n) is 4.39. The summed E-state index contributed by atoms with van der Waals surface area (Å²) in [6.45, 7) is 10.7. The molecule has 1 aliphatic carbocycles. The zero-order valence-electron chi connectivity index (χ0n) is 22.1. The minimum Gasteiger partial charge on any atom is -0.485 e. The number of ether oxygens (including phenoxy) is 2. The van der Waals surface area contributed by atoms with E-state index < -0.39 is 0 Å². The number of hydrogen-bond donors (Lipinski definition) is 1. The van der Waals surface area contributed by atoms with E-state index in [1.165, 1.54) is 33.5 Å². The molecule has 1 aromatic carbocycles. The van der Waals surface area contributed by atoms with Gasteiger partial charge in [0.15, 0.2) is 11.0 Å². The third-order valence-electron chi connectivity index (χ3n) is 6.10. The normalized spacial score (nSPS) is 12.9. The number of thioether (sulfide) groups is 1. The topological polar surface area (TPSA) is 95.3 Å². The van der Waals surface area contributed by atoms with Crippen LogP contribution in [0.3, 0.4) is 0 Å². The van der Waals surface area contributed by atoms with E-state index in [1.807, 2.05) is 44.4 Å². The first kappa shape index (κ1) is 27.2. The highest BCUT2D eigenvalue weighted by Crippen LogP contribution is 2.39. The second-order valence-corrected chi connectivity index (χ2v) is 11.5. The lowest BCUT2D eigenvalue weighted by Gasteiger charge is -2.14. The van der Waals surface area contributed by atoms with Crippen LogP contribution in [0, 0.1) is 13.8 Å². The highest BCUT2D eigenvalue weighted by molar-refractivity contribution is 7.99. The van der Waals surface area contributed by atoms with Crippen LogP contribution in [0.5, 0.6) is 5.75 Å². The summed E-state index contributed by atoms with van der Waals surface area (Å²) in [4.78, 5) is 26.9. The fourth-order valence-corrected chi connectivity index (χ4v) is 6.50. The molecule has 3 aromatic rings. The smallest absolute Gasteiger partial charge is 0.341 e. The van der Waals surface area contributed by atoms with Crippen LogP contribution in [0.2, 0.25) is 0 Å². The number of nitrogens with one attached hydrogen (secondary N) is 1. The van der Waals surface area contributed by atoms with Gasteiger partial charge in [-0.15, -0.1) is 21.5 Å². The van der Waals surface area contributed by atoms with Gasteiger partial charge in [-0.25, -0.2) is 4.79 Å². The lowest BCUT2D eigenvalue weighted by atomic mass is 9.95. The van der Waals surface area contributed by atoms with Gasteiger partial charge in [0, 0.05) is 11.4 Å². The number of aryl methyl sites for hydroxylation is 3. The van der Waals surface area contributed by atoms with Crippen molar-refractivity contribution in [2.75, 3.05) is 11.1 Å². The van der Waals surface area contributed by atoms with Gasteiger partial charge < -0.3 is 19.4 Å². The van der Waals surface area contributed by atoms with Gasteiger partial charge in [-0.2, -0.15) is 0 Å². The molecule has 0 saturated carbocycles. The van der Waals surface area contributed by atoms with E-state index in [9.17, 15) is 9.59 Å². The van der Waals surface area contributed by atoms with Crippen molar-refractivity contribution in [2.45, 2.75) is 84.7 Å². The summed E-state index contributed by atoms with van der Waals surface area (Å²) in [5, 5.41) is 12.8. The molecule has 2 aromatic heterocycles. The molecule has 1 aliphatic rings. The lowest BCUT2D eigenvalue weighted by Crippen LogP contribution is -2.19. The number of carbonyl (C=O) groups is 2. The minimum absolute atomic E-state index is 0.150. The van der Waals surface area contributed by atoms with Crippen LogP contribution in [-0.2, 0) is 35.5 Å². The van der Waals surface area contributed by atoms with Gasteiger partial charge in [-0.05, 0) is 77.5 Å². The molecule has 1 N–H and O–H groups in total. The number of carbonyl (C=O) groups excluding carboxylic acids is 2. The molecule has 0 bridgehead atoms. The molecule has 1 amide bonds. The van der Waals surface area contributed by atoms with E-state index in [2.05, 4.69) is 28.5 Å². The molecule has 0 unspecified atom stereocenters. The van der Waals surface area contributed by atoms with E-state index in [4.69, 9.17) is 9.47 Å². The maximum atomic E-state index is 12.9. The van der Waals surface area contributed by atoms with E-state index >= 15 is 0 Å². The highest BCUT2D eigenvalue weighted by Gasteiger charge is 2.28. The summed E-state index contributed by atoms with van der Waals surface area (Å²) in [5.74, 6) is 1.11. The standard InChI is InChI=1S/C27H34N4O4S2/c1-6-31-22(14-34-20-12-11-17(4)13-18(20)5)29-30-27(31)36-15-23(32)28-25-24(26(33)35-16(2)3)19-9-7-8-10-21(19)37-25/h11-13,16H,6-10,14-15H2,1-5H3,(H,28,32). The lowest BCUT2D eigenvalue weighted by molar-refractivity contribution is -0.113. The molecule has 0 fully saturated rings. The summed E-state index contributed by atoms with van der Waals surface area (Å²) < 4.78 is 13.4. The molecule has 0 radical (unpaired) electrons. The summed E-state index contributed by atoms with van der Waals surface area (Å²) in [6.07, 6.45) is 3.68. The Bertz CT molecular complexity index is 1280. The molecule has 2 heterocycles. The number of aromatic nitrogens is 3. The Morgan fingerprint density at radius 3 is 2.70 bits per heavy atom. The molecule has 37 heavy (non-hydrogen) atoms. The van der Waals surface area contributed by atoms with Gasteiger partial charge >= 0.3 is 5.97 Å².